The van der Waals surface area contributed by atoms with E-state index in [1.54, 1.807) is 24.0 Å². The van der Waals surface area contributed by atoms with Crippen molar-refractivity contribution in [2.24, 2.45) is 7.05 Å². The zero-order valence-corrected chi connectivity index (χ0v) is 14.3. The van der Waals surface area contributed by atoms with Crippen LogP contribution >= 0.6 is 0 Å². The number of pyridine rings is 1. The third kappa shape index (κ3) is 3.54. The van der Waals surface area contributed by atoms with Gasteiger partial charge in [0.05, 0.1) is 11.3 Å². The van der Waals surface area contributed by atoms with E-state index in [4.69, 9.17) is 0 Å². The minimum atomic E-state index is -4.78. The zero-order valence-electron chi connectivity index (χ0n) is 13.4. The van der Waals surface area contributed by atoms with Crippen LogP contribution in [0.25, 0.3) is 0 Å². The number of sulfonamides is 1. The van der Waals surface area contributed by atoms with Crippen LogP contribution in [0.4, 0.5) is 13.2 Å². The summed E-state index contributed by atoms with van der Waals surface area (Å²) in [6, 6.07) is 3.61. The molecule has 1 atom stereocenters. The average Bonchev–Trinajstić information content (AvgIpc) is 3.01. The molecule has 0 radical (unpaired) electrons. The summed E-state index contributed by atoms with van der Waals surface area (Å²) in [7, 11) is -2.59. The summed E-state index contributed by atoms with van der Waals surface area (Å²) in [5.74, 6) is -0.150. The average molecular weight is 374 g/mol. The number of halogens is 3. The lowest BCUT2D eigenvalue weighted by Crippen LogP contribution is -2.40. The molecule has 1 unspecified atom stereocenters. The van der Waals surface area contributed by atoms with E-state index in [1.165, 1.54) is 0 Å². The maximum atomic E-state index is 13.2. The topological polar surface area (TPSA) is 68.1 Å². The number of aryl methyl sites for hydroxylation is 1. The molecule has 0 aliphatic carbocycles. The number of alkyl halides is 3. The predicted molar refractivity (Wildman–Crippen MR) is 83.2 cm³/mol. The molecule has 6 nitrogen and oxygen atoms in total. The Bertz CT molecular complexity index is 864. The second-order valence-electron chi connectivity index (χ2n) is 5.97. The number of aromatic nitrogens is 3. The van der Waals surface area contributed by atoms with Gasteiger partial charge in [-0.3, -0.25) is 4.68 Å². The molecule has 3 rings (SSSR count). The number of nitrogens with zero attached hydrogens (tertiary/aromatic N) is 4. The van der Waals surface area contributed by atoms with Gasteiger partial charge in [0, 0.05) is 38.4 Å². The fraction of sp³-hybridized carbons (Fsp3) is 0.467. The van der Waals surface area contributed by atoms with E-state index >= 15 is 0 Å². The molecule has 0 aromatic carbocycles. The highest BCUT2D eigenvalue weighted by atomic mass is 32.2. The lowest BCUT2D eigenvalue weighted by Gasteiger charge is -2.31. The van der Waals surface area contributed by atoms with Crippen LogP contribution < -0.4 is 0 Å². The van der Waals surface area contributed by atoms with Crippen molar-refractivity contribution in [1.82, 2.24) is 19.1 Å². The van der Waals surface area contributed by atoms with E-state index in [1.807, 2.05) is 0 Å². The first-order chi connectivity index (χ1) is 11.7. The Morgan fingerprint density at radius 3 is 2.68 bits per heavy atom. The van der Waals surface area contributed by atoms with Crippen LogP contribution in [0.15, 0.2) is 35.6 Å². The van der Waals surface area contributed by atoms with Crippen LogP contribution in [0.3, 0.4) is 0 Å². The highest BCUT2D eigenvalue weighted by Crippen LogP contribution is 2.35. The molecule has 25 heavy (non-hydrogen) atoms. The number of hydrogen-bond donors (Lipinski definition) is 0. The van der Waals surface area contributed by atoms with E-state index < -0.39 is 26.8 Å². The molecule has 3 heterocycles. The molecule has 2 aromatic rings. The third-order valence-corrected chi connectivity index (χ3v) is 6.02. The van der Waals surface area contributed by atoms with Crippen molar-refractivity contribution in [3.63, 3.8) is 0 Å². The molecular formula is C15H17F3N4O2S. The number of piperidine rings is 1. The van der Waals surface area contributed by atoms with E-state index in [2.05, 4.69) is 10.1 Å². The molecule has 136 valence electrons. The lowest BCUT2D eigenvalue weighted by atomic mass is 9.96. The second kappa shape index (κ2) is 6.41. The van der Waals surface area contributed by atoms with Crippen molar-refractivity contribution in [2.45, 2.75) is 30.0 Å². The summed E-state index contributed by atoms with van der Waals surface area (Å²) in [4.78, 5) is 3.52. The molecule has 0 bridgehead atoms. The Kier molecular flexibility index (Phi) is 4.58. The highest BCUT2D eigenvalue weighted by molar-refractivity contribution is 7.89. The van der Waals surface area contributed by atoms with Gasteiger partial charge in [-0.05, 0) is 31.0 Å². The third-order valence-electron chi connectivity index (χ3n) is 4.20. The number of hydrogen-bond acceptors (Lipinski definition) is 4. The highest BCUT2D eigenvalue weighted by Gasteiger charge is 2.41. The van der Waals surface area contributed by atoms with E-state index in [0.29, 0.717) is 6.42 Å². The van der Waals surface area contributed by atoms with Gasteiger partial charge in [0.2, 0.25) is 0 Å². The van der Waals surface area contributed by atoms with Crippen molar-refractivity contribution in [3.8, 4) is 0 Å². The van der Waals surface area contributed by atoms with Crippen molar-refractivity contribution in [3.05, 3.63) is 41.9 Å². The van der Waals surface area contributed by atoms with E-state index in [-0.39, 0.29) is 19.0 Å². The maximum Gasteiger partial charge on any atom is 0.419 e. The van der Waals surface area contributed by atoms with Crippen molar-refractivity contribution >= 4 is 10.0 Å². The first kappa shape index (κ1) is 17.9. The van der Waals surface area contributed by atoms with Gasteiger partial charge in [0.25, 0.3) is 10.0 Å². The van der Waals surface area contributed by atoms with Gasteiger partial charge >= 0.3 is 6.18 Å². The van der Waals surface area contributed by atoms with Crippen LogP contribution in [-0.4, -0.2) is 40.6 Å². The summed E-state index contributed by atoms with van der Waals surface area (Å²) in [6.07, 6.45) is -0.690. The van der Waals surface area contributed by atoms with Crippen LogP contribution in [0.2, 0.25) is 0 Å². The summed E-state index contributed by atoms with van der Waals surface area (Å²) in [5, 5.41) is 3.34. The summed E-state index contributed by atoms with van der Waals surface area (Å²) in [5.41, 5.74) is -0.505. The Morgan fingerprint density at radius 2 is 2.04 bits per heavy atom. The van der Waals surface area contributed by atoms with E-state index in [9.17, 15) is 21.6 Å². The van der Waals surface area contributed by atoms with Gasteiger partial charge in [-0.25, -0.2) is 13.4 Å². The van der Waals surface area contributed by atoms with Crippen molar-refractivity contribution in [2.75, 3.05) is 13.1 Å². The summed E-state index contributed by atoms with van der Waals surface area (Å²) in [6.45, 7) is 0.257. The second-order valence-corrected chi connectivity index (χ2v) is 7.82. The minimum absolute atomic E-state index is 0.0905. The molecule has 10 heteroatoms. The monoisotopic (exact) mass is 374 g/mol. The predicted octanol–water partition coefficient (Wildman–Crippen LogP) is 2.40. The molecule has 1 fully saturated rings. The molecule has 1 aliphatic rings. The van der Waals surface area contributed by atoms with Gasteiger partial charge in [0.15, 0.2) is 5.03 Å². The minimum Gasteiger partial charge on any atom is -0.276 e. The lowest BCUT2D eigenvalue weighted by molar-refractivity contribution is -0.140. The van der Waals surface area contributed by atoms with Gasteiger partial charge < -0.3 is 0 Å². The standard InChI is InChI=1S/C15H17F3N4O2S/c1-21-9-6-13(20-21)11-4-3-8-22(10-11)25(23,24)14-12(15(16,17)18)5-2-7-19-14/h2,5-7,9,11H,3-4,8,10H2,1H3. The Balaban J connectivity index is 1.93. The molecule has 1 aliphatic heterocycles. The van der Waals surface area contributed by atoms with Gasteiger partial charge in [-0.1, -0.05) is 0 Å². The molecule has 1 saturated heterocycles. The maximum absolute atomic E-state index is 13.2. The fourth-order valence-electron chi connectivity index (χ4n) is 2.99. The van der Waals surface area contributed by atoms with Crippen molar-refractivity contribution in [1.29, 1.82) is 0 Å². The molecule has 0 saturated carbocycles. The first-order valence-electron chi connectivity index (χ1n) is 7.71. The van der Waals surface area contributed by atoms with Gasteiger partial charge in [0.1, 0.15) is 0 Å². The molecule has 0 spiro atoms. The Morgan fingerprint density at radius 1 is 1.28 bits per heavy atom. The zero-order chi connectivity index (χ0) is 18.2. The molecule has 0 amide bonds. The number of rotatable bonds is 3. The normalized spacial score (nSPS) is 19.9. The smallest absolute Gasteiger partial charge is 0.276 e. The van der Waals surface area contributed by atoms with E-state index in [0.717, 1.165) is 34.7 Å². The van der Waals surface area contributed by atoms with Crippen molar-refractivity contribution < 1.29 is 21.6 Å². The quantitative estimate of drug-likeness (QED) is 0.827. The first-order valence-corrected chi connectivity index (χ1v) is 9.15. The van der Waals surface area contributed by atoms with Crippen LogP contribution in [0.1, 0.15) is 30.0 Å². The molecule has 0 N–H and O–H groups in total. The summed E-state index contributed by atoms with van der Waals surface area (Å²) < 4.78 is 67.7. The SMILES string of the molecule is Cn1ccc(C2CCCN(S(=O)(=O)c3ncccc3C(F)(F)F)C2)n1. The van der Waals surface area contributed by atoms with Gasteiger partial charge in [-0.2, -0.15) is 22.6 Å². The fourth-order valence-corrected chi connectivity index (χ4v) is 4.63. The molecule has 2 aromatic heterocycles. The largest absolute Gasteiger partial charge is 0.419 e. The van der Waals surface area contributed by atoms with Crippen LogP contribution in [0, 0.1) is 0 Å². The Hall–Kier alpha value is -1.94. The Labute approximate surface area is 143 Å². The molecular weight excluding hydrogens is 357 g/mol. The van der Waals surface area contributed by atoms with Crippen LogP contribution in [0.5, 0.6) is 0 Å². The van der Waals surface area contributed by atoms with Crippen LogP contribution in [-0.2, 0) is 23.2 Å². The van der Waals surface area contributed by atoms with Gasteiger partial charge in [-0.15, -0.1) is 0 Å². The summed E-state index contributed by atoms with van der Waals surface area (Å²) >= 11 is 0.